The smallest absolute Gasteiger partial charge is 0.259 e. The van der Waals surface area contributed by atoms with Crippen molar-refractivity contribution in [3.8, 4) is 0 Å². The Morgan fingerprint density at radius 1 is 1.15 bits per heavy atom. The molecule has 10 nitrogen and oxygen atoms in total. The lowest BCUT2D eigenvalue weighted by Crippen LogP contribution is -2.37. The molecule has 1 aliphatic heterocycles. The highest BCUT2D eigenvalue weighted by Gasteiger charge is 2.32. The standard InChI is InChI=1S/C21H27N5O5S2/c1-12-15(4)32-21-18(12)20(28)22-16(23-21)6-7-17(27)25-8-5-9-26(11-10-25)33(29,30)19-13(2)24-31-14(19)3/h5-11H2,1-4H3,(H,22,23,28). The van der Waals surface area contributed by atoms with Crippen molar-refractivity contribution in [2.45, 2.75) is 51.9 Å². The maximum Gasteiger partial charge on any atom is 0.259 e. The number of aromatic amines is 1. The first-order chi connectivity index (χ1) is 15.6. The summed E-state index contributed by atoms with van der Waals surface area (Å²) in [6.07, 6.45) is 1.04. The first kappa shape index (κ1) is 23.6. The lowest BCUT2D eigenvalue weighted by molar-refractivity contribution is -0.131. The van der Waals surface area contributed by atoms with E-state index in [4.69, 9.17) is 4.52 Å². The van der Waals surface area contributed by atoms with Crippen LogP contribution in [0.3, 0.4) is 0 Å². The van der Waals surface area contributed by atoms with E-state index >= 15 is 0 Å². The Morgan fingerprint density at radius 2 is 1.91 bits per heavy atom. The number of nitrogens with one attached hydrogen (secondary N) is 1. The summed E-state index contributed by atoms with van der Waals surface area (Å²) in [5, 5.41) is 4.36. The number of nitrogens with zero attached hydrogens (tertiary/aromatic N) is 4. The molecule has 1 N–H and O–H groups in total. The Bertz CT molecular complexity index is 1350. The fourth-order valence-electron chi connectivity index (χ4n) is 4.16. The van der Waals surface area contributed by atoms with Gasteiger partial charge in [0, 0.05) is 43.9 Å². The number of H-pyrrole nitrogens is 1. The molecule has 1 fully saturated rings. The number of aromatic nitrogens is 3. The number of hydrogen-bond acceptors (Lipinski definition) is 8. The van der Waals surface area contributed by atoms with Crippen molar-refractivity contribution in [2.75, 3.05) is 26.2 Å². The summed E-state index contributed by atoms with van der Waals surface area (Å²) in [4.78, 5) is 36.1. The number of rotatable bonds is 5. The van der Waals surface area contributed by atoms with E-state index in [1.807, 2.05) is 13.8 Å². The molecule has 0 unspecified atom stereocenters. The molecule has 178 valence electrons. The molecule has 12 heteroatoms. The van der Waals surface area contributed by atoms with Crippen LogP contribution in [-0.4, -0.2) is 64.8 Å². The zero-order chi connectivity index (χ0) is 23.9. The molecule has 1 aliphatic rings. The highest BCUT2D eigenvalue weighted by molar-refractivity contribution is 7.89. The Morgan fingerprint density at radius 3 is 2.61 bits per heavy atom. The summed E-state index contributed by atoms with van der Waals surface area (Å²) in [6, 6.07) is 0. The molecule has 1 saturated heterocycles. The average Bonchev–Trinajstić information content (AvgIpc) is 3.11. The molecule has 0 spiro atoms. The topological polar surface area (TPSA) is 129 Å². The van der Waals surface area contributed by atoms with E-state index in [-0.39, 0.29) is 35.1 Å². The largest absolute Gasteiger partial charge is 0.360 e. The van der Waals surface area contributed by atoms with E-state index in [2.05, 4.69) is 15.1 Å². The van der Waals surface area contributed by atoms with Gasteiger partial charge in [-0.05, 0) is 39.7 Å². The van der Waals surface area contributed by atoms with Crippen LogP contribution < -0.4 is 5.56 Å². The van der Waals surface area contributed by atoms with E-state index in [0.717, 1.165) is 10.4 Å². The second-order valence-electron chi connectivity index (χ2n) is 8.27. The molecule has 3 aromatic heterocycles. The normalized spacial score (nSPS) is 15.8. The van der Waals surface area contributed by atoms with Crippen molar-refractivity contribution in [3.63, 3.8) is 0 Å². The van der Waals surface area contributed by atoms with Crippen molar-refractivity contribution in [1.82, 2.24) is 24.3 Å². The van der Waals surface area contributed by atoms with Crippen LogP contribution in [0.5, 0.6) is 0 Å². The highest BCUT2D eigenvalue weighted by atomic mass is 32.2. The summed E-state index contributed by atoms with van der Waals surface area (Å²) >= 11 is 1.48. The third-order valence-electron chi connectivity index (χ3n) is 6.04. The maximum absolute atomic E-state index is 13.1. The van der Waals surface area contributed by atoms with Crippen LogP contribution in [-0.2, 0) is 21.2 Å². The number of thiophene rings is 1. The first-order valence-corrected chi connectivity index (χ1v) is 13.0. The van der Waals surface area contributed by atoms with Gasteiger partial charge in [-0.25, -0.2) is 13.4 Å². The van der Waals surface area contributed by atoms with Gasteiger partial charge in [-0.3, -0.25) is 9.59 Å². The molecule has 0 aliphatic carbocycles. The summed E-state index contributed by atoms with van der Waals surface area (Å²) in [5.74, 6) is 0.659. The van der Waals surface area contributed by atoms with Crippen LogP contribution in [0.25, 0.3) is 10.2 Å². The van der Waals surface area contributed by atoms with E-state index < -0.39 is 10.0 Å². The lowest BCUT2D eigenvalue weighted by atomic mass is 10.2. The molecule has 3 aromatic rings. The Labute approximate surface area is 195 Å². The van der Waals surface area contributed by atoms with Gasteiger partial charge >= 0.3 is 0 Å². The Balaban J connectivity index is 1.41. The number of fused-ring (bicyclic) bond motifs is 1. The van der Waals surface area contributed by atoms with Gasteiger partial charge in [0.15, 0.2) is 5.76 Å². The highest BCUT2D eigenvalue weighted by Crippen LogP contribution is 2.26. The van der Waals surface area contributed by atoms with E-state index in [1.165, 1.54) is 15.6 Å². The molecule has 0 bridgehead atoms. The summed E-state index contributed by atoms with van der Waals surface area (Å²) in [5.41, 5.74) is 1.09. The fraction of sp³-hybridized carbons (Fsp3) is 0.524. The number of aryl methyl sites for hydroxylation is 5. The van der Waals surface area contributed by atoms with Gasteiger partial charge < -0.3 is 14.4 Å². The Hall–Kier alpha value is -2.57. The second kappa shape index (κ2) is 8.99. The SMILES string of the molecule is Cc1noc(C)c1S(=O)(=O)N1CCCN(C(=O)CCc2nc3sc(C)c(C)c3c(=O)[nH]2)CC1. The minimum Gasteiger partial charge on any atom is -0.360 e. The van der Waals surface area contributed by atoms with Gasteiger partial charge in [0.05, 0.1) is 5.39 Å². The van der Waals surface area contributed by atoms with E-state index in [1.54, 1.807) is 18.7 Å². The summed E-state index contributed by atoms with van der Waals surface area (Å²) in [7, 11) is -3.74. The molecule has 33 heavy (non-hydrogen) atoms. The van der Waals surface area contributed by atoms with Gasteiger partial charge in [-0.15, -0.1) is 11.3 Å². The molecule has 0 saturated carbocycles. The van der Waals surface area contributed by atoms with Crippen molar-refractivity contribution in [1.29, 1.82) is 0 Å². The van der Waals surface area contributed by atoms with Crippen molar-refractivity contribution in [3.05, 3.63) is 38.1 Å². The third kappa shape index (κ3) is 4.46. The quantitative estimate of drug-likeness (QED) is 0.576. The molecule has 0 aromatic carbocycles. The summed E-state index contributed by atoms with van der Waals surface area (Å²) < 4.78 is 32.6. The first-order valence-electron chi connectivity index (χ1n) is 10.8. The average molecular weight is 494 g/mol. The van der Waals surface area contributed by atoms with Crippen molar-refractivity contribution < 1.29 is 17.7 Å². The molecular formula is C21H27N5O5S2. The number of amides is 1. The van der Waals surface area contributed by atoms with Gasteiger partial charge in [0.2, 0.25) is 15.9 Å². The zero-order valence-electron chi connectivity index (χ0n) is 19.1. The van der Waals surface area contributed by atoms with Crippen LogP contribution in [0, 0.1) is 27.7 Å². The second-order valence-corrected chi connectivity index (χ2v) is 11.3. The minimum atomic E-state index is -3.74. The predicted molar refractivity (Wildman–Crippen MR) is 124 cm³/mol. The molecule has 4 heterocycles. The number of carbonyl (C=O) groups is 1. The molecule has 0 radical (unpaired) electrons. The van der Waals surface area contributed by atoms with Crippen LogP contribution in [0.1, 0.15) is 40.6 Å². The van der Waals surface area contributed by atoms with E-state index in [9.17, 15) is 18.0 Å². The van der Waals surface area contributed by atoms with Crippen LogP contribution in [0.15, 0.2) is 14.2 Å². The monoisotopic (exact) mass is 493 g/mol. The summed E-state index contributed by atoms with van der Waals surface area (Å²) in [6.45, 7) is 8.33. The van der Waals surface area contributed by atoms with Gasteiger partial charge in [0.1, 0.15) is 21.2 Å². The third-order valence-corrected chi connectivity index (χ3v) is 9.28. The van der Waals surface area contributed by atoms with Gasteiger partial charge in [0.25, 0.3) is 5.56 Å². The van der Waals surface area contributed by atoms with Crippen LogP contribution in [0.4, 0.5) is 0 Å². The zero-order valence-corrected chi connectivity index (χ0v) is 20.7. The number of sulfonamides is 1. The van der Waals surface area contributed by atoms with E-state index in [0.29, 0.717) is 54.2 Å². The lowest BCUT2D eigenvalue weighted by Gasteiger charge is -2.22. The maximum atomic E-state index is 13.1. The van der Waals surface area contributed by atoms with Gasteiger partial charge in [-0.2, -0.15) is 4.31 Å². The molecular weight excluding hydrogens is 466 g/mol. The van der Waals surface area contributed by atoms with Gasteiger partial charge in [-0.1, -0.05) is 5.16 Å². The molecule has 4 rings (SSSR count). The van der Waals surface area contributed by atoms with Crippen LogP contribution in [0.2, 0.25) is 0 Å². The fourth-order valence-corrected chi connectivity index (χ4v) is 6.97. The minimum absolute atomic E-state index is 0.0899. The van der Waals surface area contributed by atoms with Crippen molar-refractivity contribution >= 4 is 37.5 Å². The van der Waals surface area contributed by atoms with Crippen molar-refractivity contribution in [2.24, 2.45) is 0 Å². The number of hydrogen-bond donors (Lipinski definition) is 1. The predicted octanol–water partition coefficient (Wildman–Crippen LogP) is 2.06. The number of carbonyl (C=O) groups excluding carboxylic acids is 1. The Kier molecular flexibility index (Phi) is 6.43. The van der Waals surface area contributed by atoms with Crippen LogP contribution >= 0.6 is 11.3 Å². The molecule has 1 amide bonds. The molecule has 0 atom stereocenters.